The lowest BCUT2D eigenvalue weighted by Crippen LogP contribution is -2.65. The molecule has 0 amide bonds. The van der Waals surface area contributed by atoms with Gasteiger partial charge in [-0.25, -0.2) is 0 Å². The molecule has 0 unspecified atom stereocenters. The third-order valence-corrected chi connectivity index (χ3v) is 23.7. The van der Waals surface area contributed by atoms with Gasteiger partial charge in [-0.15, -0.1) is 0 Å². The average Bonchev–Trinajstić information content (AvgIpc) is 0.820. The Morgan fingerprint density at radius 3 is 1.13 bits per heavy atom. The zero-order valence-corrected chi connectivity index (χ0v) is 62.4. The number of nitrogens with zero attached hydrogens (tertiary/aromatic N) is 5. The minimum atomic E-state index is -0.256. The van der Waals surface area contributed by atoms with E-state index in [2.05, 4.69) is 394 Å². The van der Waals surface area contributed by atoms with Gasteiger partial charge in [-0.1, -0.05) is 255 Å². The van der Waals surface area contributed by atoms with E-state index < -0.39 is 0 Å². The van der Waals surface area contributed by atoms with Gasteiger partial charge in [-0.3, -0.25) is 0 Å². The van der Waals surface area contributed by atoms with Crippen LogP contribution < -0.4 is 52.4 Å². The van der Waals surface area contributed by atoms with Crippen molar-refractivity contribution < 1.29 is 0 Å². The highest BCUT2D eigenvalue weighted by Crippen LogP contribution is 2.56. The maximum Gasteiger partial charge on any atom is 0.252 e. The van der Waals surface area contributed by atoms with Gasteiger partial charge in [0.2, 0.25) is 0 Å². The molecule has 0 spiro atoms. The Labute approximate surface area is 614 Å². The first-order valence-electron chi connectivity index (χ1n) is 37.5. The first-order valence-corrected chi connectivity index (χ1v) is 37.5. The molecule has 7 heteroatoms. The lowest BCUT2D eigenvalue weighted by atomic mass is 9.30. The Bertz CT molecular complexity index is 5810. The highest BCUT2D eigenvalue weighted by atomic mass is 15.2. The molecule has 0 radical (unpaired) electrons. The Morgan fingerprint density at radius 2 is 0.663 bits per heavy atom. The van der Waals surface area contributed by atoms with Crippen molar-refractivity contribution in [2.45, 2.75) is 124 Å². The molecule has 104 heavy (non-hydrogen) atoms. The number of aromatic nitrogens is 1. The van der Waals surface area contributed by atoms with E-state index in [0.29, 0.717) is 0 Å². The molecule has 5 aliphatic rings. The van der Waals surface area contributed by atoms with E-state index in [4.69, 9.17) is 0 Å². The highest BCUT2D eigenvalue weighted by molar-refractivity contribution is 7.03. The van der Waals surface area contributed by atoms with Crippen LogP contribution in [0.15, 0.2) is 273 Å². The van der Waals surface area contributed by atoms with Crippen LogP contribution in [0.25, 0.3) is 49.7 Å². The zero-order valence-electron chi connectivity index (χ0n) is 62.4. The zero-order chi connectivity index (χ0) is 71.4. The smallest absolute Gasteiger partial charge is 0.252 e. The van der Waals surface area contributed by atoms with Crippen LogP contribution in [0.1, 0.15) is 130 Å². The summed E-state index contributed by atoms with van der Waals surface area (Å²) < 4.78 is 2.59. The van der Waals surface area contributed by atoms with Gasteiger partial charge in [0.1, 0.15) is 0 Å². The molecule has 506 valence electrons. The second kappa shape index (κ2) is 22.5. The van der Waals surface area contributed by atoms with Crippen molar-refractivity contribution in [3.05, 3.63) is 306 Å². The molecular weight excluding hydrogens is 1260 g/mol. The molecule has 19 rings (SSSR count). The summed E-state index contributed by atoms with van der Waals surface area (Å²) in [7, 11) is 0. The van der Waals surface area contributed by atoms with E-state index in [0.717, 1.165) is 28.4 Å². The van der Waals surface area contributed by atoms with Crippen molar-refractivity contribution in [1.82, 2.24) is 4.57 Å². The summed E-state index contributed by atoms with van der Waals surface area (Å²) in [5.74, 6) is 0. The minimum absolute atomic E-state index is 0.0581. The summed E-state index contributed by atoms with van der Waals surface area (Å²) >= 11 is 0. The number of hydrogen-bond acceptors (Lipinski definition) is 4. The van der Waals surface area contributed by atoms with Gasteiger partial charge < -0.3 is 24.2 Å². The standard InChI is InChI=1S/C97H87B2N5/c1-93(2,3)61-45-47-80-73(54-61)74-55-62(94(4,5)6)46-48-81(74)103(80)69-56-88-92-89(57-69)104(68-52-63(95(7,8)9)51-64(53-68)96(10,11)12)85-59-84-78(58-79(85)99(92)77-42-27-29-44-83(77)101(88)66-33-20-16-21-34-66)98-76-41-26-28-43-82(76)100(65-31-18-15-19-32-65)86-49-60(50-87(91(86)98)102(84)67-35-22-17-23-36-67)70-38-30-39-72-71-37-24-25-40-75(71)97(13,14)90(70)72/h15-59H,1-14H3. The van der Waals surface area contributed by atoms with Crippen molar-refractivity contribution in [2.24, 2.45) is 0 Å². The first-order chi connectivity index (χ1) is 49.9. The second-order valence-corrected chi connectivity index (χ2v) is 34.6. The molecule has 14 aromatic rings. The molecule has 5 heterocycles. The van der Waals surface area contributed by atoms with Gasteiger partial charge >= 0.3 is 0 Å². The SMILES string of the molecule is CC(C)(C)c1cc(N2c3cc4c(cc3B3c5ccccc5N(c5ccccc5)c5cc(-n6c7ccc(C(C)(C)C)cc7c7cc(C(C)(C)C)ccc76)cc2c53)B2c3ccccc3N(c3ccccc3)c3cc(-c5cccc6c5C(C)(C)c5ccccc5-6)cc(c32)N4c2ccccc2)cc(C(C)(C)C)c1. The van der Waals surface area contributed by atoms with Crippen LogP contribution in [0.3, 0.4) is 0 Å². The van der Waals surface area contributed by atoms with Gasteiger partial charge in [-0.05, 0) is 225 Å². The second-order valence-electron chi connectivity index (χ2n) is 34.6. The number of benzene rings is 13. The Balaban J connectivity index is 0.960. The summed E-state index contributed by atoms with van der Waals surface area (Å²) in [6.45, 7) is 32.8. The third-order valence-electron chi connectivity index (χ3n) is 23.7. The summed E-state index contributed by atoms with van der Waals surface area (Å²) in [5, 5.41) is 2.53. The maximum atomic E-state index is 2.72. The van der Waals surface area contributed by atoms with Crippen molar-refractivity contribution in [1.29, 1.82) is 0 Å². The van der Waals surface area contributed by atoms with Crippen LogP contribution in [0, 0.1) is 0 Å². The molecule has 13 aromatic carbocycles. The molecule has 0 atom stereocenters. The summed E-state index contributed by atoms with van der Waals surface area (Å²) in [6, 6.07) is 106. The van der Waals surface area contributed by atoms with E-state index in [1.54, 1.807) is 0 Å². The van der Waals surface area contributed by atoms with Crippen LogP contribution in [-0.4, -0.2) is 18.0 Å². The summed E-state index contributed by atoms with van der Waals surface area (Å²) in [5.41, 5.74) is 37.4. The molecule has 0 saturated carbocycles. The fraction of sp³-hybridized carbons (Fsp3) is 0.196. The van der Waals surface area contributed by atoms with E-state index in [9.17, 15) is 0 Å². The summed E-state index contributed by atoms with van der Waals surface area (Å²) in [4.78, 5) is 10.5. The number of hydrogen-bond donors (Lipinski definition) is 0. The lowest BCUT2D eigenvalue weighted by Gasteiger charge is -2.47. The predicted molar refractivity (Wildman–Crippen MR) is 447 cm³/mol. The Hall–Kier alpha value is -11.0. The largest absolute Gasteiger partial charge is 0.311 e. The van der Waals surface area contributed by atoms with Gasteiger partial charge in [0, 0.05) is 84.4 Å². The number of anilines is 12. The van der Waals surface area contributed by atoms with Gasteiger partial charge in [-0.2, -0.15) is 0 Å². The first kappa shape index (κ1) is 63.9. The Morgan fingerprint density at radius 1 is 0.269 bits per heavy atom. The minimum Gasteiger partial charge on any atom is -0.311 e. The van der Waals surface area contributed by atoms with Crippen molar-refractivity contribution in [3.8, 4) is 27.9 Å². The van der Waals surface area contributed by atoms with E-state index in [-0.39, 0.29) is 40.5 Å². The quantitative estimate of drug-likeness (QED) is 0.154. The molecule has 1 aliphatic carbocycles. The van der Waals surface area contributed by atoms with E-state index >= 15 is 0 Å². The predicted octanol–water partition coefficient (Wildman–Crippen LogP) is 22.1. The maximum absolute atomic E-state index is 2.72. The highest BCUT2D eigenvalue weighted by Gasteiger charge is 2.50. The van der Waals surface area contributed by atoms with Gasteiger partial charge in [0.15, 0.2) is 0 Å². The van der Waals surface area contributed by atoms with Crippen molar-refractivity contribution in [3.63, 3.8) is 0 Å². The average molecular weight is 1340 g/mol. The molecule has 0 N–H and O–H groups in total. The Kier molecular flexibility index (Phi) is 13.8. The number of rotatable bonds is 6. The molecular formula is C97H87B2N5. The normalized spacial score (nSPS) is 14.6. The number of para-hydroxylation sites is 5. The molecule has 0 bridgehead atoms. The summed E-state index contributed by atoms with van der Waals surface area (Å²) in [6.07, 6.45) is 0. The van der Waals surface area contributed by atoms with Crippen molar-refractivity contribution >= 4 is 136 Å². The fourth-order valence-electron chi connectivity index (χ4n) is 18.4. The van der Waals surface area contributed by atoms with E-state index in [1.807, 2.05) is 0 Å². The van der Waals surface area contributed by atoms with Crippen LogP contribution in [-0.2, 0) is 27.1 Å². The molecule has 4 aliphatic heterocycles. The molecule has 1 aromatic heterocycles. The van der Waals surface area contributed by atoms with Crippen LogP contribution >= 0.6 is 0 Å². The lowest BCUT2D eigenvalue weighted by molar-refractivity contribution is 0.569. The van der Waals surface area contributed by atoms with Crippen LogP contribution in [0.4, 0.5) is 68.2 Å². The van der Waals surface area contributed by atoms with E-state index in [1.165, 1.54) is 156 Å². The molecule has 0 saturated heterocycles. The third kappa shape index (κ3) is 9.54. The molecule has 0 fully saturated rings. The van der Waals surface area contributed by atoms with Crippen LogP contribution in [0.5, 0.6) is 0 Å². The fourth-order valence-corrected chi connectivity index (χ4v) is 18.4. The van der Waals surface area contributed by atoms with Crippen molar-refractivity contribution in [2.75, 3.05) is 19.6 Å². The van der Waals surface area contributed by atoms with Gasteiger partial charge in [0.05, 0.1) is 16.7 Å². The monoisotopic (exact) mass is 1340 g/mol. The number of fused-ring (bicyclic) bond motifs is 14. The van der Waals surface area contributed by atoms with Gasteiger partial charge in [0.25, 0.3) is 13.4 Å². The van der Waals surface area contributed by atoms with Crippen LogP contribution in [0.2, 0.25) is 0 Å². The molecule has 5 nitrogen and oxygen atoms in total. The topological polar surface area (TPSA) is 17.9 Å².